The maximum absolute atomic E-state index is 10.1. The molecule has 5 nitrogen and oxygen atoms in total. The molecule has 0 atom stereocenters. The molecule has 0 fully saturated rings. The number of carboxylic acid groups (broad SMARTS) is 1. The lowest BCUT2D eigenvalue weighted by Gasteiger charge is -2.04. The monoisotopic (exact) mass is 259 g/mol. The zero-order valence-corrected chi connectivity index (χ0v) is 8.91. The summed E-state index contributed by atoms with van der Waals surface area (Å²) in [6.07, 6.45) is 0.644. The quantitative estimate of drug-likeness (QED) is 0.717. The van der Waals surface area contributed by atoms with Crippen molar-refractivity contribution in [2.24, 2.45) is 0 Å². The van der Waals surface area contributed by atoms with Crippen LogP contribution >= 0.6 is 15.9 Å². The molecule has 14 heavy (non-hydrogen) atoms. The normalized spacial score (nSPS) is 9.50. The molecule has 0 aliphatic heterocycles. The molecule has 0 aliphatic rings. The maximum Gasteiger partial charge on any atom is 0.404 e. The largest absolute Gasteiger partial charge is 0.465 e. The smallest absolute Gasteiger partial charge is 0.404 e. The molecule has 0 aromatic carbocycles. The van der Waals surface area contributed by atoms with E-state index < -0.39 is 6.09 Å². The SMILES string of the molecule is O=C(O)NCCNc1cc(Br)ccn1. The number of rotatable bonds is 4. The molecule has 0 spiro atoms. The second kappa shape index (κ2) is 5.43. The molecule has 0 bridgehead atoms. The molecule has 6 heteroatoms. The summed E-state index contributed by atoms with van der Waals surface area (Å²) in [5.41, 5.74) is 0. The van der Waals surface area contributed by atoms with Crippen LogP contribution in [0.5, 0.6) is 0 Å². The van der Waals surface area contributed by atoms with E-state index in [1.165, 1.54) is 0 Å². The number of nitrogens with one attached hydrogen (secondary N) is 2. The van der Waals surface area contributed by atoms with E-state index in [2.05, 4.69) is 31.5 Å². The Balaban J connectivity index is 2.28. The Morgan fingerprint density at radius 3 is 3.00 bits per heavy atom. The number of hydrogen-bond donors (Lipinski definition) is 3. The summed E-state index contributed by atoms with van der Waals surface area (Å²) in [5, 5.41) is 13.5. The van der Waals surface area contributed by atoms with Crippen LogP contribution in [0.2, 0.25) is 0 Å². The van der Waals surface area contributed by atoms with Gasteiger partial charge in [0, 0.05) is 23.8 Å². The van der Waals surface area contributed by atoms with E-state index in [0.29, 0.717) is 18.9 Å². The van der Waals surface area contributed by atoms with Crippen LogP contribution in [0.1, 0.15) is 0 Å². The summed E-state index contributed by atoms with van der Waals surface area (Å²) in [7, 11) is 0. The van der Waals surface area contributed by atoms with Crippen LogP contribution in [-0.4, -0.2) is 29.3 Å². The molecule has 76 valence electrons. The molecule has 0 unspecified atom stereocenters. The molecule has 1 rings (SSSR count). The van der Waals surface area contributed by atoms with Gasteiger partial charge in [0.2, 0.25) is 0 Å². The van der Waals surface area contributed by atoms with E-state index in [-0.39, 0.29) is 0 Å². The van der Waals surface area contributed by atoms with Gasteiger partial charge in [-0.2, -0.15) is 0 Å². The molecule has 0 aliphatic carbocycles. The van der Waals surface area contributed by atoms with Crippen LogP contribution in [0.25, 0.3) is 0 Å². The van der Waals surface area contributed by atoms with Gasteiger partial charge in [0.05, 0.1) is 0 Å². The molecule has 1 aromatic heterocycles. The highest BCUT2D eigenvalue weighted by molar-refractivity contribution is 9.10. The molecule has 0 saturated heterocycles. The van der Waals surface area contributed by atoms with Crippen LogP contribution < -0.4 is 10.6 Å². The van der Waals surface area contributed by atoms with Gasteiger partial charge < -0.3 is 15.7 Å². The predicted octanol–water partition coefficient (Wildman–Crippen LogP) is 1.52. The number of nitrogens with zero attached hydrogens (tertiary/aromatic N) is 1. The number of amides is 1. The summed E-state index contributed by atoms with van der Waals surface area (Å²) in [6.45, 7) is 0.860. The minimum atomic E-state index is -1.02. The number of pyridine rings is 1. The summed E-state index contributed by atoms with van der Waals surface area (Å²) in [6, 6.07) is 3.64. The van der Waals surface area contributed by atoms with Crippen molar-refractivity contribution in [1.82, 2.24) is 10.3 Å². The summed E-state index contributed by atoms with van der Waals surface area (Å²) in [4.78, 5) is 14.1. The van der Waals surface area contributed by atoms with Crippen molar-refractivity contribution in [3.05, 3.63) is 22.8 Å². The molecule has 1 amide bonds. The number of hydrogen-bond acceptors (Lipinski definition) is 3. The summed E-state index contributed by atoms with van der Waals surface area (Å²) in [5.74, 6) is 0.714. The van der Waals surface area contributed by atoms with Crippen molar-refractivity contribution in [2.75, 3.05) is 18.4 Å². The zero-order chi connectivity index (χ0) is 10.4. The highest BCUT2D eigenvalue weighted by Gasteiger charge is 1.95. The molecular formula is C8H10BrN3O2. The summed E-state index contributed by atoms with van der Waals surface area (Å²) < 4.78 is 0.932. The van der Waals surface area contributed by atoms with E-state index in [4.69, 9.17) is 5.11 Å². The first-order chi connectivity index (χ1) is 6.68. The van der Waals surface area contributed by atoms with E-state index in [1.807, 2.05) is 12.1 Å². The van der Waals surface area contributed by atoms with Crippen LogP contribution in [0.3, 0.4) is 0 Å². The van der Waals surface area contributed by atoms with Crippen molar-refractivity contribution in [2.45, 2.75) is 0 Å². The maximum atomic E-state index is 10.1. The third-order valence-electron chi connectivity index (χ3n) is 1.43. The minimum Gasteiger partial charge on any atom is -0.465 e. The van der Waals surface area contributed by atoms with Gasteiger partial charge in [-0.3, -0.25) is 0 Å². The molecule has 1 heterocycles. The van der Waals surface area contributed by atoms with Gasteiger partial charge in [-0.15, -0.1) is 0 Å². The Bertz CT molecular complexity index is 319. The number of halogens is 1. The molecule has 3 N–H and O–H groups in total. The topological polar surface area (TPSA) is 74.2 Å². The Hall–Kier alpha value is -1.30. The Kier molecular flexibility index (Phi) is 4.18. The van der Waals surface area contributed by atoms with E-state index in [0.717, 1.165) is 4.47 Å². The van der Waals surface area contributed by atoms with E-state index in [1.54, 1.807) is 6.20 Å². The first-order valence-electron chi connectivity index (χ1n) is 4.00. The van der Waals surface area contributed by atoms with Crippen molar-refractivity contribution in [1.29, 1.82) is 0 Å². The van der Waals surface area contributed by atoms with Crippen LogP contribution in [0.4, 0.5) is 10.6 Å². The fourth-order valence-electron chi connectivity index (χ4n) is 0.861. The van der Waals surface area contributed by atoms with E-state index >= 15 is 0 Å². The third kappa shape index (κ3) is 4.08. The van der Waals surface area contributed by atoms with Gasteiger partial charge in [-0.1, -0.05) is 15.9 Å². The fourth-order valence-corrected chi connectivity index (χ4v) is 1.20. The second-order valence-electron chi connectivity index (χ2n) is 2.52. The highest BCUT2D eigenvalue weighted by Crippen LogP contribution is 2.11. The zero-order valence-electron chi connectivity index (χ0n) is 7.33. The lowest BCUT2D eigenvalue weighted by atomic mass is 10.4. The van der Waals surface area contributed by atoms with Gasteiger partial charge in [0.25, 0.3) is 0 Å². The Morgan fingerprint density at radius 2 is 2.36 bits per heavy atom. The highest BCUT2D eigenvalue weighted by atomic mass is 79.9. The average Bonchev–Trinajstić information content (AvgIpc) is 2.12. The first-order valence-corrected chi connectivity index (χ1v) is 4.80. The number of carbonyl (C=O) groups is 1. The van der Waals surface area contributed by atoms with E-state index in [9.17, 15) is 4.79 Å². The average molecular weight is 260 g/mol. The predicted molar refractivity (Wildman–Crippen MR) is 56.5 cm³/mol. The van der Waals surface area contributed by atoms with Crippen molar-refractivity contribution in [3.8, 4) is 0 Å². The van der Waals surface area contributed by atoms with Gasteiger partial charge in [0.15, 0.2) is 0 Å². The Morgan fingerprint density at radius 1 is 1.57 bits per heavy atom. The van der Waals surface area contributed by atoms with Crippen LogP contribution in [0.15, 0.2) is 22.8 Å². The second-order valence-corrected chi connectivity index (χ2v) is 3.43. The lowest BCUT2D eigenvalue weighted by molar-refractivity contribution is 0.195. The number of aromatic nitrogens is 1. The summed E-state index contributed by atoms with van der Waals surface area (Å²) >= 11 is 3.30. The molecule has 0 saturated carbocycles. The molecule has 0 radical (unpaired) electrons. The minimum absolute atomic E-state index is 0.351. The number of anilines is 1. The lowest BCUT2D eigenvalue weighted by Crippen LogP contribution is -2.27. The van der Waals surface area contributed by atoms with Gasteiger partial charge in [0.1, 0.15) is 5.82 Å². The van der Waals surface area contributed by atoms with Crippen molar-refractivity contribution < 1.29 is 9.90 Å². The first kappa shape index (κ1) is 10.8. The van der Waals surface area contributed by atoms with Crippen LogP contribution in [0, 0.1) is 0 Å². The van der Waals surface area contributed by atoms with Crippen molar-refractivity contribution >= 4 is 27.8 Å². The van der Waals surface area contributed by atoms with Gasteiger partial charge in [-0.25, -0.2) is 9.78 Å². The van der Waals surface area contributed by atoms with Gasteiger partial charge in [-0.05, 0) is 12.1 Å². The standard InChI is InChI=1S/C8H10BrN3O2/c9-6-1-2-10-7(5-6)11-3-4-12-8(13)14/h1-2,5,12H,3-4H2,(H,10,11)(H,13,14). The molecular weight excluding hydrogens is 250 g/mol. The molecule has 1 aromatic rings. The third-order valence-corrected chi connectivity index (χ3v) is 1.92. The fraction of sp³-hybridized carbons (Fsp3) is 0.250. The Labute approximate surface area is 89.7 Å². The van der Waals surface area contributed by atoms with Crippen LogP contribution in [-0.2, 0) is 0 Å². The van der Waals surface area contributed by atoms with Gasteiger partial charge >= 0.3 is 6.09 Å². The van der Waals surface area contributed by atoms with Crippen molar-refractivity contribution in [3.63, 3.8) is 0 Å².